The third-order valence-corrected chi connectivity index (χ3v) is 6.65. The average molecular weight is 397 g/mol. The molecule has 0 aliphatic heterocycles. The fourth-order valence-electron chi connectivity index (χ4n) is 4.48. The smallest absolute Gasteiger partial charge is 0.0784 e. The van der Waals surface area contributed by atoms with Crippen LogP contribution in [-0.4, -0.2) is 31.2 Å². The third-order valence-electron chi connectivity index (χ3n) is 6.65. The summed E-state index contributed by atoms with van der Waals surface area (Å²) in [5, 5.41) is 0. The highest BCUT2D eigenvalue weighted by atomic mass is 15.3. The Kier molecular flexibility index (Phi) is 21.6. The van der Waals surface area contributed by atoms with E-state index in [1.165, 1.54) is 153 Å². The van der Waals surface area contributed by atoms with Crippen molar-refractivity contribution in [2.45, 2.75) is 149 Å². The van der Waals surface area contributed by atoms with Crippen LogP contribution in [0.3, 0.4) is 0 Å². The molecule has 0 rings (SSSR count). The lowest BCUT2D eigenvalue weighted by atomic mass is 10.1. The summed E-state index contributed by atoms with van der Waals surface area (Å²) in [5.74, 6) is 0. The van der Waals surface area contributed by atoms with Crippen LogP contribution in [0.25, 0.3) is 0 Å². The van der Waals surface area contributed by atoms with Crippen LogP contribution >= 0.6 is 0 Å². The van der Waals surface area contributed by atoms with Crippen molar-refractivity contribution < 1.29 is 4.48 Å². The van der Waals surface area contributed by atoms with Crippen molar-refractivity contribution in [1.29, 1.82) is 0 Å². The molecule has 0 saturated carbocycles. The zero-order valence-electron chi connectivity index (χ0n) is 20.7. The maximum absolute atomic E-state index is 2.55. The van der Waals surface area contributed by atoms with Crippen molar-refractivity contribution in [2.24, 2.45) is 0 Å². The highest BCUT2D eigenvalue weighted by Gasteiger charge is 2.19. The quantitative estimate of drug-likeness (QED) is 0.119. The highest BCUT2D eigenvalue weighted by molar-refractivity contribution is 4.51. The monoisotopic (exact) mass is 396 g/mol. The zero-order chi connectivity index (χ0) is 20.8. The number of hydrogen-bond acceptors (Lipinski definition) is 0. The SMILES string of the molecule is CCCCCCCCCCC[N+](C)(CCCC)CCCCCCCCCCC. The first kappa shape index (κ1) is 28.0. The summed E-state index contributed by atoms with van der Waals surface area (Å²) in [6.07, 6.45) is 28.9. The normalized spacial score (nSPS) is 12.0. The Morgan fingerprint density at radius 1 is 0.321 bits per heavy atom. The van der Waals surface area contributed by atoms with Crippen LogP contribution in [0, 0.1) is 0 Å². The van der Waals surface area contributed by atoms with E-state index < -0.39 is 0 Å². The predicted octanol–water partition coefficient (Wildman–Crippen LogP) is 9.29. The first-order chi connectivity index (χ1) is 13.7. The Bertz CT molecular complexity index is 264. The number of nitrogens with zero attached hydrogens (tertiary/aromatic N) is 1. The van der Waals surface area contributed by atoms with E-state index in [1.54, 1.807) is 0 Å². The fourth-order valence-corrected chi connectivity index (χ4v) is 4.48. The second kappa shape index (κ2) is 21.7. The van der Waals surface area contributed by atoms with Crippen molar-refractivity contribution in [3.8, 4) is 0 Å². The molecule has 1 nitrogen and oxygen atoms in total. The van der Waals surface area contributed by atoms with E-state index in [2.05, 4.69) is 27.8 Å². The van der Waals surface area contributed by atoms with E-state index in [1.807, 2.05) is 0 Å². The number of quaternary nitrogens is 1. The van der Waals surface area contributed by atoms with Crippen molar-refractivity contribution in [3.63, 3.8) is 0 Å². The van der Waals surface area contributed by atoms with Crippen molar-refractivity contribution in [2.75, 3.05) is 26.7 Å². The first-order valence-electron chi connectivity index (χ1n) is 13.5. The molecule has 0 fully saturated rings. The topological polar surface area (TPSA) is 0 Å². The largest absolute Gasteiger partial charge is 0.326 e. The van der Waals surface area contributed by atoms with Gasteiger partial charge in [-0.15, -0.1) is 0 Å². The Morgan fingerprint density at radius 2 is 0.571 bits per heavy atom. The number of unbranched alkanes of at least 4 members (excludes halogenated alkanes) is 17. The fraction of sp³-hybridized carbons (Fsp3) is 1.00. The molecule has 0 spiro atoms. The summed E-state index contributed by atoms with van der Waals surface area (Å²) in [5.41, 5.74) is 0. The maximum atomic E-state index is 2.55. The average Bonchev–Trinajstić information content (AvgIpc) is 2.70. The molecule has 0 unspecified atom stereocenters. The molecule has 0 heterocycles. The third kappa shape index (κ3) is 19.3. The van der Waals surface area contributed by atoms with E-state index in [-0.39, 0.29) is 0 Å². The van der Waals surface area contributed by atoms with Gasteiger partial charge in [-0.05, 0) is 32.1 Å². The Balaban J connectivity index is 3.75. The summed E-state index contributed by atoms with van der Waals surface area (Å²) in [6.45, 7) is 11.2. The van der Waals surface area contributed by atoms with Gasteiger partial charge in [-0.1, -0.05) is 117 Å². The maximum Gasteiger partial charge on any atom is 0.0784 e. The highest BCUT2D eigenvalue weighted by Crippen LogP contribution is 2.16. The van der Waals surface area contributed by atoms with Crippen LogP contribution in [0.15, 0.2) is 0 Å². The van der Waals surface area contributed by atoms with Gasteiger partial charge in [0.25, 0.3) is 0 Å². The van der Waals surface area contributed by atoms with Gasteiger partial charge < -0.3 is 4.48 Å². The van der Waals surface area contributed by atoms with Gasteiger partial charge in [0.2, 0.25) is 0 Å². The minimum absolute atomic E-state index is 1.35. The summed E-state index contributed by atoms with van der Waals surface area (Å²) in [4.78, 5) is 0. The number of rotatable bonds is 23. The Labute approximate surface area is 180 Å². The minimum Gasteiger partial charge on any atom is -0.326 e. The molecule has 0 N–H and O–H groups in total. The van der Waals surface area contributed by atoms with E-state index in [9.17, 15) is 0 Å². The molecule has 0 amide bonds. The Morgan fingerprint density at radius 3 is 0.893 bits per heavy atom. The standard InChI is InChI=1S/C27H58N/c1-5-8-11-13-15-17-19-21-23-26-28(4,25-10-7-3)27-24-22-20-18-16-14-12-9-6-2/h5-27H2,1-4H3/q+1. The molecule has 0 aromatic carbocycles. The molecule has 1 heteroatoms. The lowest BCUT2D eigenvalue weighted by Gasteiger charge is -2.35. The van der Waals surface area contributed by atoms with Gasteiger partial charge in [0.05, 0.1) is 26.7 Å². The molecule has 0 radical (unpaired) electrons. The predicted molar refractivity (Wildman–Crippen MR) is 130 cm³/mol. The molecule has 0 atom stereocenters. The molecule has 170 valence electrons. The summed E-state index contributed by atoms with van der Waals surface area (Å²) in [7, 11) is 2.55. The van der Waals surface area contributed by atoms with Crippen LogP contribution in [0.4, 0.5) is 0 Å². The summed E-state index contributed by atoms with van der Waals surface area (Å²) in [6, 6.07) is 0. The van der Waals surface area contributed by atoms with Gasteiger partial charge in [-0.3, -0.25) is 0 Å². The van der Waals surface area contributed by atoms with Gasteiger partial charge in [-0.25, -0.2) is 0 Å². The van der Waals surface area contributed by atoms with E-state index >= 15 is 0 Å². The van der Waals surface area contributed by atoms with Crippen LogP contribution in [0.2, 0.25) is 0 Å². The van der Waals surface area contributed by atoms with Crippen molar-refractivity contribution in [3.05, 3.63) is 0 Å². The Hall–Kier alpha value is -0.0400. The van der Waals surface area contributed by atoms with Crippen LogP contribution in [0.5, 0.6) is 0 Å². The molecule has 0 aliphatic carbocycles. The van der Waals surface area contributed by atoms with Gasteiger partial charge in [0.15, 0.2) is 0 Å². The molecular weight excluding hydrogens is 338 g/mol. The zero-order valence-corrected chi connectivity index (χ0v) is 20.7. The summed E-state index contributed by atoms with van der Waals surface area (Å²) < 4.78 is 1.35. The molecule has 0 saturated heterocycles. The molecule has 0 bridgehead atoms. The summed E-state index contributed by atoms with van der Waals surface area (Å²) >= 11 is 0. The second-order valence-electron chi connectivity index (χ2n) is 9.80. The van der Waals surface area contributed by atoms with Crippen molar-refractivity contribution in [1.82, 2.24) is 0 Å². The van der Waals surface area contributed by atoms with Gasteiger partial charge in [-0.2, -0.15) is 0 Å². The van der Waals surface area contributed by atoms with Crippen LogP contribution in [-0.2, 0) is 0 Å². The molecule has 28 heavy (non-hydrogen) atoms. The second-order valence-corrected chi connectivity index (χ2v) is 9.80. The van der Waals surface area contributed by atoms with Crippen LogP contribution in [0.1, 0.15) is 149 Å². The van der Waals surface area contributed by atoms with E-state index in [0.717, 1.165) is 0 Å². The van der Waals surface area contributed by atoms with Crippen molar-refractivity contribution >= 4 is 0 Å². The molecule has 0 aromatic heterocycles. The van der Waals surface area contributed by atoms with Gasteiger partial charge in [0.1, 0.15) is 0 Å². The molecule has 0 aromatic rings. The number of hydrogen-bond donors (Lipinski definition) is 0. The van der Waals surface area contributed by atoms with E-state index in [0.29, 0.717) is 0 Å². The van der Waals surface area contributed by atoms with Gasteiger partial charge in [0, 0.05) is 0 Å². The lowest BCUT2D eigenvalue weighted by molar-refractivity contribution is -0.910. The lowest BCUT2D eigenvalue weighted by Crippen LogP contribution is -2.46. The first-order valence-corrected chi connectivity index (χ1v) is 13.5. The van der Waals surface area contributed by atoms with Crippen LogP contribution < -0.4 is 0 Å². The van der Waals surface area contributed by atoms with E-state index in [4.69, 9.17) is 0 Å². The molecular formula is C27H58N+. The van der Waals surface area contributed by atoms with Gasteiger partial charge >= 0.3 is 0 Å². The molecule has 0 aliphatic rings. The minimum atomic E-state index is 1.35.